The van der Waals surface area contributed by atoms with Crippen LogP contribution >= 0.6 is 0 Å². The van der Waals surface area contributed by atoms with Gasteiger partial charge in [0, 0.05) is 17.5 Å². The summed E-state index contributed by atoms with van der Waals surface area (Å²) in [7, 11) is 0. The third kappa shape index (κ3) is 3.25. The van der Waals surface area contributed by atoms with Crippen LogP contribution in [0.4, 0.5) is 0 Å². The van der Waals surface area contributed by atoms with Crippen LogP contribution in [0.1, 0.15) is 30.4 Å². The molecule has 130 valence electrons. The zero-order valence-electron chi connectivity index (χ0n) is 14.0. The number of aliphatic hydroxyl groups excluding tert-OH is 1. The highest BCUT2D eigenvalue weighted by Crippen LogP contribution is 2.33. The van der Waals surface area contributed by atoms with Crippen molar-refractivity contribution in [3.8, 4) is 5.75 Å². The number of phenols is 1. The van der Waals surface area contributed by atoms with Gasteiger partial charge in [-0.15, -0.1) is 0 Å². The number of fused-ring (bicyclic) bond motifs is 1. The molecule has 5 heteroatoms. The second-order valence-corrected chi connectivity index (χ2v) is 6.72. The van der Waals surface area contributed by atoms with Crippen molar-refractivity contribution in [3.05, 3.63) is 60.3 Å². The predicted molar refractivity (Wildman–Crippen MR) is 95.1 cm³/mol. The van der Waals surface area contributed by atoms with Gasteiger partial charge in [0.25, 0.3) is 0 Å². The Kier molecular flexibility index (Phi) is 4.42. The molecule has 1 aliphatic rings. The molecule has 2 heterocycles. The number of oxazole rings is 1. The molecule has 3 aromatic rings. The van der Waals surface area contributed by atoms with Gasteiger partial charge in [-0.3, -0.25) is 4.90 Å². The fraction of sp³-hybridized carbons (Fsp3) is 0.350. The van der Waals surface area contributed by atoms with Gasteiger partial charge < -0.3 is 14.6 Å². The minimum atomic E-state index is -0.633. The van der Waals surface area contributed by atoms with Gasteiger partial charge in [0.15, 0.2) is 0 Å². The van der Waals surface area contributed by atoms with Crippen LogP contribution in [-0.2, 0) is 6.54 Å². The second kappa shape index (κ2) is 6.86. The predicted octanol–water partition coefficient (Wildman–Crippen LogP) is 3.48. The van der Waals surface area contributed by atoms with Crippen molar-refractivity contribution < 1.29 is 14.6 Å². The number of likely N-dealkylation sites (tertiary alicyclic amines) is 1. The first kappa shape index (κ1) is 16.1. The highest BCUT2D eigenvalue weighted by atomic mass is 16.4. The van der Waals surface area contributed by atoms with Crippen LogP contribution < -0.4 is 0 Å². The van der Waals surface area contributed by atoms with Gasteiger partial charge in [-0.05, 0) is 37.2 Å². The molecule has 1 aliphatic heterocycles. The summed E-state index contributed by atoms with van der Waals surface area (Å²) in [6.07, 6.45) is 4.20. The minimum Gasteiger partial charge on any atom is -0.507 e. The average Bonchev–Trinajstić information content (AvgIpc) is 3.19. The lowest BCUT2D eigenvalue weighted by molar-refractivity contribution is 0.0383. The summed E-state index contributed by atoms with van der Waals surface area (Å²) >= 11 is 0. The first-order valence-corrected chi connectivity index (χ1v) is 8.72. The third-order valence-electron chi connectivity index (χ3n) is 5.16. The van der Waals surface area contributed by atoms with Crippen LogP contribution in [0.15, 0.2) is 53.3 Å². The van der Waals surface area contributed by atoms with Crippen LogP contribution in [0, 0.1) is 5.92 Å². The SMILES string of the molecule is Oc1c(CN2CCC(C(O)c3ncco3)CC2)ccc2ccccc12. The summed E-state index contributed by atoms with van der Waals surface area (Å²) in [6, 6.07) is 11.9. The third-order valence-corrected chi connectivity index (χ3v) is 5.16. The van der Waals surface area contributed by atoms with Gasteiger partial charge in [-0.25, -0.2) is 4.98 Å². The molecule has 1 fully saturated rings. The molecule has 0 amide bonds. The molecule has 0 bridgehead atoms. The normalized spacial score (nSPS) is 17.8. The maximum atomic E-state index is 10.6. The summed E-state index contributed by atoms with van der Waals surface area (Å²) < 4.78 is 5.22. The van der Waals surface area contributed by atoms with E-state index in [1.165, 1.54) is 6.26 Å². The quantitative estimate of drug-likeness (QED) is 0.762. The molecule has 1 atom stereocenters. The number of benzene rings is 2. The number of nitrogens with zero attached hydrogens (tertiary/aromatic N) is 2. The van der Waals surface area contributed by atoms with E-state index in [0.717, 1.165) is 48.8 Å². The zero-order chi connectivity index (χ0) is 17.2. The van der Waals surface area contributed by atoms with Gasteiger partial charge in [0.05, 0.1) is 6.20 Å². The van der Waals surface area contributed by atoms with Crippen LogP contribution in [-0.4, -0.2) is 33.2 Å². The lowest BCUT2D eigenvalue weighted by atomic mass is 9.91. The van der Waals surface area contributed by atoms with E-state index >= 15 is 0 Å². The van der Waals surface area contributed by atoms with Crippen LogP contribution in [0.3, 0.4) is 0 Å². The molecule has 25 heavy (non-hydrogen) atoms. The molecule has 2 N–H and O–H groups in total. The van der Waals surface area contributed by atoms with E-state index in [-0.39, 0.29) is 5.92 Å². The van der Waals surface area contributed by atoms with Crippen LogP contribution in [0.2, 0.25) is 0 Å². The Labute approximate surface area is 146 Å². The minimum absolute atomic E-state index is 0.167. The van der Waals surface area contributed by atoms with Crippen molar-refractivity contribution in [3.63, 3.8) is 0 Å². The Morgan fingerprint density at radius 1 is 1.16 bits per heavy atom. The first-order valence-electron chi connectivity index (χ1n) is 8.72. The number of hydrogen-bond acceptors (Lipinski definition) is 5. The molecular formula is C20H22N2O3. The van der Waals surface area contributed by atoms with E-state index in [0.29, 0.717) is 11.6 Å². The molecule has 0 radical (unpaired) electrons. The number of aliphatic hydroxyl groups is 1. The van der Waals surface area contributed by atoms with E-state index in [2.05, 4.69) is 16.0 Å². The van der Waals surface area contributed by atoms with E-state index in [1.54, 1.807) is 6.20 Å². The van der Waals surface area contributed by atoms with E-state index in [9.17, 15) is 10.2 Å². The smallest absolute Gasteiger partial charge is 0.223 e. The van der Waals surface area contributed by atoms with Gasteiger partial charge in [0.2, 0.25) is 5.89 Å². The molecular weight excluding hydrogens is 316 g/mol. The van der Waals surface area contributed by atoms with Crippen molar-refractivity contribution in [1.29, 1.82) is 0 Å². The van der Waals surface area contributed by atoms with Gasteiger partial charge >= 0.3 is 0 Å². The van der Waals surface area contributed by atoms with E-state index in [4.69, 9.17) is 4.42 Å². The summed E-state index contributed by atoms with van der Waals surface area (Å²) in [6.45, 7) is 2.49. The molecule has 0 aliphatic carbocycles. The molecule has 5 nitrogen and oxygen atoms in total. The largest absolute Gasteiger partial charge is 0.507 e. The standard InChI is InChI=1S/C20H22N2O3/c23-18-16(6-5-14-3-1-2-4-17(14)18)13-22-10-7-15(8-11-22)19(24)20-21-9-12-25-20/h1-6,9,12,15,19,23-24H,7-8,10-11,13H2. The Hall–Kier alpha value is -2.37. The lowest BCUT2D eigenvalue weighted by Gasteiger charge is -2.33. The van der Waals surface area contributed by atoms with Gasteiger partial charge in [-0.2, -0.15) is 0 Å². The molecule has 4 rings (SSSR count). The lowest BCUT2D eigenvalue weighted by Crippen LogP contribution is -2.35. The Balaban J connectivity index is 1.41. The van der Waals surface area contributed by atoms with Crippen molar-refractivity contribution in [2.45, 2.75) is 25.5 Å². The number of piperidine rings is 1. The molecule has 1 unspecified atom stereocenters. The molecule has 1 saturated heterocycles. The number of hydrogen-bond donors (Lipinski definition) is 2. The van der Waals surface area contributed by atoms with Crippen molar-refractivity contribution in [2.24, 2.45) is 5.92 Å². The van der Waals surface area contributed by atoms with Gasteiger partial charge in [-0.1, -0.05) is 36.4 Å². The number of aromatic nitrogens is 1. The van der Waals surface area contributed by atoms with Crippen molar-refractivity contribution in [2.75, 3.05) is 13.1 Å². The summed E-state index contributed by atoms with van der Waals surface area (Å²) in [5.41, 5.74) is 0.949. The molecule has 2 aromatic carbocycles. The second-order valence-electron chi connectivity index (χ2n) is 6.72. The molecule has 1 aromatic heterocycles. The Morgan fingerprint density at radius 2 is 1.96 bits per heavy atom. The van der Waals surface area contributed by atoms with E-state index in [1.807, 2.05) is 30.3 Å². The van der Waals surface area contributed by atoms with Crippen LogP contribution in [0.5, 0.6) is 5.75 Å². The number of rotatable bonds is 4. The van der Waals surface area contributed by atoms with Crippen molar-refractivity contribution in [1.82, 2.24) is 9.88 Å². The fourth-order valence-electron chi connectivity index (χ4n) is 3.68. The monoisotopic (exact) mass is 338 g/mol. The topological polar surface area (TPSA) is 69.7 Å². The number of phenolic OH excluding ortho intramolecular Hbond substituents is 1. The summed E-state index contributed by atoms with van der Waals surface area (Å²) in [5.74, 6) is 0.950. The van der Waals surface area contributed by atoms with Crippen molar-refractivity contribution >= 4 is 10.8 Å². The zero-order valence-corrected chi connectivity index (χ0v) is 14.0. The average molecular weight is 338 g/mol. The summed E-state index contributed by atoms with van der Waals surface area (Å²) in [4.78, 5) is 6.38. The van der Waals surface area contributed by atoms with Crippen LogP contribution in [0.25, 0.3) is 10.8 Å². The highest BCUT2D eigenvalue weighted by Gasteiger charge is 2.29. The maximum Gasteiger partial charge on any atom is 0.223 e. The fourth-order valence-corrected chi connectivity index (χ4v) is 3.68. The molecule has 0 saturated carbocycles. The van der Waals surface area contributed by atoms with Gasteiger partial charge in [0.1, 0.15) is 18.1 Å². The Bertz CT molecular complexity index is 839. The van der Waals surface area contributed by atoms with E-state index < -0.39 is 6.10 Å². The Morgan fingerprint density at radius 3 is 2.72 bits per heavy atom. The number of aromatic hydroxyl groups is 1. The molecule has 0 spiro atoms. The highest BCUT2D eigenvalue weighted by molar-refractivity contribution is 5.89. The first-order chi connectivity index (χ1) is 12.2. The summed E-state index contributed by atoms with van der Waals surface area (Å²) in [5, 5.41) is 22.9. The maximum absolute atomic E-state index is 10.6.